The van der Waals surface area contributed by atoms with Crippen molar-refractivity contribution in [1.29, 1.82) is 0 Å². The Bertz CT molecular complexity index is 1060. The van der Waals surface area contributed by atoms with Crippen LogP contribution in [0.3, 0.4) is 0 Å². The normalized spacial score (nSPS) is 19.9. The average molecular weight is 486 g/mol. The van der Waals surface area contributed by atoms with E-state index in [2.05, 4.69) is 5.32 Å². The average Bonchev–Trinajstić information content (AvgIpc) is 3.70. The summed E-state index contributed by atoms with van der Waals surface area (Å²) in [6.07, 6.45) is 5.62. The number of nitrogens with two attached hydrogens (primary N) is 1. The maximum absolute atomic E-state index is 13.8. The van der Waals surface area contributed by atoms with Crippen molar-refractivity contribution in [3.63, 3.8) is 0 Å². The predicted molar refractivity (Wildman–Crippen MR) is 132 cm³/mol. The second-order valence-electron chi connectivity index (χ2n) is 9.09. The van der Waals surface area contributed by atoms with E-state index in [-0.39, 0.29) is 36.4 Å². The number of halogens is 1. The number of amides is 2. The number of carbonyl (C=O) groups excluding carboxylic acids is 2. The molecule has 2 aliphatic carbocycles. The third kappa shape index (κ3) is 5.47. The van der Waals surface area contributed by atoms with Gasteiger partial charge >= 0.3 is 0 Å². The maximum Gasteiger partial charge on any atom is 0.254 e. The second kappa shape index (κ2) is 10.7. The lowest BCUT2D eigenvalue weighted by Crippen LogP contribution is -2.51. The molecule has 182 valence electrons. The van der Waals surface area contributed by atoms with E-state index in [1.165, 1.54) is 0 Å². The van der Waals surface area contributed by atoms with E-state index in [0.29, 0.717) is 27.8 Å². The first-order chi connectivity index (χ1) is 16.4. The number of nitrogens with zero attached hydrogens (tertiary/aromatic N) is 1. The summed E-state index contributed by atoms with van der Waals surface area (Å²) in [4.78, 5) is 27.9. The van der Waals surface area contributed by atoms with E-state index in [9.17, 15) is 9.59 Å². The van der Waals surface area contributed by atoms with Crippen LogP contribution >= 0.6 is 11.6 Å². The molecule has 8 heteroatoms. The quantitative estimate of drug-likeness (QED) is 0.569. The fourth-order valence-electron chi connectivity index (χ4n) is 4.55. The number of benzene rings is 2. The lowest BCUT2D eigenvalue weighted by molar-refractivity contribution is -0.117. The van der Waals surface area contributed by atoms with Crippen molar-refractivity contribution in [2.75, 3.05) is 19.5 Å². The molecular formula is C26H32ClN3O4. The van der Waals surface area contributed by atoms with Crippen molar-refractivity contribution in [3.05, 3.63) is 52.5 Å². The minimum Gasteiger partial charge on any atom is -0.493 e. The summed E-state index contributed by atoms with van der Waals surface area (Å²) < 4.78 is 10.7. The molecule has 2 aliphatic rings. The van der Waals surface area contributed by atoms with Gasteiger partial charge in [-0.25, -0.2) is 0 Å². The van der Waals surface area contributed by atoms with Crippen LogP contribution in [0.1, 0.15) is 54.4 Å². The van der Waals surface area contributed by atoms with E-state index in [1.807, 2.05) is 11.0 Å². The molecule has 34 heavy (non-hydrogen) atoms. The van der Waals surface area contributed by atoms with Gasteiger partial charge in [0.1, 0.15) is 0 Å². The minimum absolute atomic E-state index is 0.0286. The Hall–Kier alpha value is -2.77. The molecule has 4 rings (SSSR count). The van der Waals surface area contributed by atoms with Gasteiger partial charge in [-0.05, 0) is 67.6 Å². The van der Waals surface area contributed by atoms with Gasteiger partial charge in [0.2, 0.25) is 5.91 Å². The molecule has 7 nitrogen and oxygen atoms in total. The Morgan fingerprint density at radius 2 is 1.76 bits per heavy atom. The third-order valence-corrected chi connectivity index (χ3v) is 7.04. The van der Waals surface area contributed by atoms with Crippen molar-refractivity contribution in [1.82, 2.24) is 4.90 Å². The van der Waals surface area contributed by atoms with Gasteiger partial charge in [0.25, 0.3) is 5.91 Å². The van der Waals surface area contributed by atoms with E-state index in [1.54, 1.807) is 44.6 Å². The highest BCUT2D eigenvalue weighted by molar-refractivity contribution is 6.31. The molecule has 2 unspecified atom stereocenters. The number of ether oxygens (including phenoxy) is 2. The summed E-state index contributed by atoms with van der Waals surface area (Å²) in [6, 6.07) is 10.3. The number of hydrogen-bond acceptors (Lipinski definition) is 5. The molecule has 0 bridgehead atoms. The van der Waals surface area contributed by atoms with Gasteiger partial charge in [0.05, 0.1) is 14.2 Å². The number of rotatable bonds is 8. The molecule has 0 aliphatic heterocycles. The van der Waals surface area contributed by atoms with Crippen molar-refractivity contribution in [3.8, 4) is 11.5 Å². The van der Waals surface area contributed by atoms with Crippen molar-refractivity contribution < 1.29 is 19.1 Å². The van der Waals surface area contributed by atoms with Crippen LogP contribution < -0.4 is 20.5 Å². The van der Waals surface area contributed by atoms with Gasteiger partial charge in [-0.15, -0.1) is 0 Å². The molecule has 2 aromatic rings. The molecule has 2 saturated carbocycles. The number of hydrogen-bond donors (Lipinski definition) is 2. The first-order valence-electron chi connectivity index (χ1n) is 11.8. The standard InChI is InChI=1S/C26H32ClN3O4/c1-33-23-12-9-17(14-24(23)34-2)26(32)30(22-6-4-3-5-21(22)28)15-18-13-19(10-11-20(18)27)29-25(31)16-7-8-16/h9-14,16,21-22H,3-8,15,28H2,1-2H3,(H,29,31). The van der Waals surface area contributed by atoms with Crippen LogP contribution in [-0.2, 0) is 11.3 Å². The molecule has 0 radical (unpaired) electrons. The molecule has 0 heterocycles. The highest BCUT2D eigenvalue weighted by Crippen LogP contribution is 2.33. The highest BCUT2D eigenvalue weighted by atomic mass is 35.5. The van der Waals surface area contributed by atoms with Crippen LogP contribution in [0, 0.1) is 5.92 Å². The molecule has 0 aromatic heterocycles. The largest absolute Gasteiger partial charge is 0.493 e. The molecular weight excluding hydrogens is 454 g/mol. The summed E-state index contributed by atoms with van der Waals surface area (Å²) in [7, 11) is 3.10. The van der Waals surface area contributed by atoms with Crippen molar-refractivity contribution in [2.45, 2.75) is 57.2 Å². The second-order valence-corrected chi connectivity index (χ2v) is 9.50. The summed E-state index contributed by atoms with van der Waals surface area (Å²) in [6.45, 7) is 0.289. The fraction of sp³-hybridized carbons (Fsp3) is 0.462. The van der Waals surface area contributed by atoms with E-state index >= 15 is 0 Å². The monoisotopic (exact) mass is 485 g/mol. The minimum atomic E-state index is -0.146. The Kier molecular flexibility index (Phi) is 7.63. The molecule has 2 atom stereocenters. The lowest BCUT2D eigenvalue weighted by Gasteiger charge is -2.39. The maximum atomic E-state index is 13.8. The van der Waals surface area contributed by atoms with Gasteiger partial charge in [0, 0.05) is 40.8 Å². The van der Waals surface area contributed by atoms with Crippen LogP contribution in [0.15, 0.2) is 36.4 Å². The fourth-order valence-corrected chi connectivity index (χ4v) is 4.73. The van der Waals surface area contributed by atoms with Gasteiger partial charge in [-0.2, -0.15) is 0 Å². The Morgan fingerprint density at radius 3 is 2.44 bits per heavy atom. The summed E-state index contributed by atoms with van der Waals surface area (Å²) in [5.41, 5.74) is 8.44. The van der Waals surface area contributed by atoms with Gasteiger partial charge in [-0.1, -0.05) is 24.4 Å². The lowest BCUT2D eigenvalue weighted by atomic mass is 9.89. The Labute approximate surface area is 205 Å². The van der Waals surface area contributed by atoms with Gasteiger partial charge in [-0.3, -0.25) is 9.59 Å². The van der Waals surface area contributed by atoms with Crippen LogP contribution in [0.25, 0.3) is 0 Å². The molecule has 0 saturated heterocycles. The van der Waals surface area contributed by atoms with Crippen LogP contribution in [0.2, 0.25) is 5.02 Å². The summed E-state index contributed by atoms with van der Waals surface area (Å²) >= 11 is 6.55. The Morgan fingerprint density at radius 1 is 1.03 bits per heavy atom. The third-order valence-electron chi connectivity index (χ3n) is 6.68. The van der Waals surface area contributed by atoms with Gasteiger partial charge in [0.15, 0.2) is 11.5 Å². The van der Waals surface area contributed by atoms with Crippen LogP contribution in [0.4, 0.5) is 5.69 Å². The number of methoxy groups -OCH3 is 2. The first-order valence-corrected chi connectivity index (χ1v) is 12.2. The smallest absolute Gasteiger partial charge is 0.254 e. The predicted octanol–water partition coefficient (Wildman–Crippen LogP) is 4.62. The number of anilines is 1. The van der Waals surface area contributed by atoms with Crippen molar-refractivity contribution in [2.24, 2.45) is 11.7 Å². The SMILES string of the molecule is COc1ccc(C(=O)N(Cc2cc(NC(=O)C3CC3)ccc2Cl)C2CCCCC2N)cc1OC. The summed E-state index contributed by atoms with van der Waals surface area (Å²) in [5, 5.41) is 3.51. The molecule has 2 amide bonds. The molecule has 0 spiro atoms. The Balaban J connectivity index is 1.64. The zero-order valence-electron chi connectivity index (χ0n) is 19.7. The van der Waals surface area contributed by atoms with Gasteiger partial charge < -0.3 is 25.4 Å². The van der Waals surface area contributed by atoms with E-state index in [0.717, 1.165) is 44.1 Å². The topological polar surface area (TPSA) is 93.9 Å². The zero-order valence-corrected chi connectivity index (χ0v) is 20.4. The van der Waals surface area contributed by atoms with Crippen LogP contribution in [-0.4, -0.2) is 43.0 Å². The van der Waals surface area contributed by atoms with E-state index < -0.39 is 0 Å². The van der Waals surface area contributed by atoms with Crippen molar-refractivity contribution >= 4 is 29.1 Å². The molecule has 2 fully saturated rings. The summed E-state index contributed by atoms with van der Waals surface area (Å²) in [5.74, 6) is 1.03. The number of nitrogens with one attached hydrogen (secondary N) is 1. The number of carbonyl (C=O) groups is 2. The first kappa shape index (κ1) is 24.4. The van der Waals surface area contributed by atoms with E-state index in [4.69, 9.17) is 26.8 Å². The molecule has 3 N–H and O–H groups in total. The zero-order chi connectivity index (χ0) is 24.2. The highest BCUT2D eigenvalue weighted by Gasteiger charge is 2.33. The molecule has 2 aromatic carbocycles. The van der Waals surface area contributed by atoms with Crippen LogP contribution in [0.5, 0.6) is 11.5 Å².